The molecule has 1 aliphatic rings. The fraction of sp³-hybridized carbons (Fsp3) is 0.412. The Labute approximate surface area is 264 Å². The third-order valence-electron chi connectivity index (χ3n) is 8.02. The molecule has 0 bridgehead atoms. The Hall–Kier alpha value is -3.17. The van der Waals surface area contributed by atoms with Crippen LogP contribution in [-0.2, 0) is 39.0 Å². The van der Waals surface area contributed by atoms with Gasteiger partial charge in [-0.25, -0.2) is 8.42 Å². The fourth-order valence-electron chi connectivity index (χ4n) is 5.61. The lowest BCUT2D eigenvalue weighted by Crippen LogP contribution is -2.52. The SMILES string of the molecule is CCc1ccc(N(CCCC(=O)N(Cc2ccc(Br)cc2)[C@H](Cc2ccccc2)C(=O)NC2CCCC2)S(C)(=O)=O)cc1. The van der Waals surface area contributed by atoms with Gasteiger partial charge in [0.25, 0.3) is 0 Å². The maximum absolute atomic E-state index is 14.0. The quantitative estimate of drug-likeness (QED) is 0.220. The van der Waals surface area contributed by atoms with Crippen LogP contribution in [0.1, 0.15) is 62.1 Å². The molecule has 3 aromatic rings. The normalized spacial score (nSPS) is 14.3. The van der Waals surface area contributed by atoms with E-state index in [1.165, 1.54) is 10.6 Å². The highest BCUT2D eigenvalue weighted by atomic mass is 79.9. The van der Waals surface area contributed by atoms with Crippen molar-refractivity contribution in [3.05, 3.63) is 100 Å². The molecular formula is C34H42BrN3O4S. The molecule has 1 atom stereocenters. The van der Waals surface area contributed by atoms with Gasteiger partial charge in [0.2, 0.25) is 21.8 Å². The number of carbonyl (C=O) groups excluding carboxylic acids is 2. The maximum Gasteiger partial charge on any atom is 0.243 e. The predicted octanol–water partition coefficient (Wildman–Crippen LogP) is 6.26. The smallest absolute Gasteiger partial charge is 0.243 e. The topological polar surface area (TPSA) is 86.8 Å². The molecule has 0 unspecified atom stereocenters. The Kier molecular flexibility index (Phi) is 11.8. The summed E-state index contributed by atoms with van der Waals surface area (Å²) in [6, 6.07) is 24.4. The van der Waals surface area contributed by atoms with Crippen LogP contribution >= 0.6 is 15.9 Å². The van der Waals surface area contributed by atoms with Gasteiger partial charge in [-0.3, -0.25) is 13.9 Å². The predicted molar refractivity (Wildman–Crippen MR) is 176 cm³/mol. The second-order valence-electron chi connectivity index (χ2n) is 11.3. The summed E-state index contributed by atoms with van der Waals surface area (Å²) in [6.45, 7) is 2.49. The molecule has 0 heterocycles. The summed E-state index contributed by atoms with van der Waals surface area (Å²) in [6.07, 6.45) is 6.95. The van der Waals surface area contributed by atoms with Gasteiger partial charge in [-0.05, 0) is 66.6 Å². The number of carbonyl (C=O) groups is 2. The molecule has 0 aliphatic heterocycles. The van der Waals surface area contributed by atoms with E-state index < -0.39 is 16.1 Å². The van der Waals surface area contributed by atoms with Gasteiger partial charge in [0.15, 0.2) is 0 Å². The van der Waals surface area contributed by atoms with Crippen LogP contribution in [0.15, 0.2) is 83.3 Å². The van der Waals surface area contributed by atoms with E-state index in [9.17, 15) is 18.0 Å². The summed E-state index contributed by atoms with van der Waals surface area (Å²) < 4.78 is 27.7. The van der Waals surface area contributed by atoms with E-state index in [2.05, 4.69) is 21.2 Å². The van der Waals surface area contributed by atoms with E-state index in [0.717, 1.165) is 53.3 Å². The first-order valence-corrected chi connectivity index (χ1v) is 17.7. The van der Waals surface area contributed by atoms with Crippen LogP contribution in [-0.4, -0.2) is 50.0 Å². The van der Waals surface area contributed by atoms with Crippen molar-refractivity contribution in [3.63, 3.8) is 0 Å². The molecule has 230 valence electrons. The van der Waals surface area contributed by atoms with E-state index in [4.69, 9.17) is 0 Å². The molecule has 0 spiro atoms. The van der Waals surface area contributed by atoms with Crippen molar-refractivity contribution in [2.45, 2.75) is 76.9 Å². The summed E-state index contributed by atoms with van der Waals surface area (Å²) in [7, 11) is -3.55. The van der Waals surface area contributed by atoms with E-state index in [1.54, 1.807) is 4.90 Å². The number of nitrogens with zero attached hydrogens (tertiary/aromatic N) is 2. The Morgan fingerprint density at radius 1 is 0.907 bits per heavy atom. The van der Waals surface area contributed by atoms with E-state index in [-0.39, 0.29) is 37.4 Å². The minimum absolute atomic E-state index is 0.109. The van der Waals surface area contributed by atoms with Gasteiger partial charge in [0.05, 0.1) is 11.9 Å². The van der Waals surface area contributed by atoms with Gasteiger partial charge < -0.3 is 10.2 Å². The van der Waals surface area contributed by atoms with E-state index in [1.807, 2.05) is 85.8 Å². The summed E-state index contributed by atoms with van der Waals surface area (Å²) in [5.41, 5.74) is 3.59. The van der Waals surface area contributed by atoms with E-state index in [0.29, 0.717) is 18.5 Å². The molecule has 1 N–H and O–H groups in total. The van der Waals surface area contributed by atoms with Gasteiger partial charge >= 0.3 is 0 Å². The van der Waals surface area contributed by atoms with Crippen molar-refractivity contribution >= 4 is 43.5 Å². The van der Waals surface area contributed by atoms with Crippen LogP contribution in [0.25, 0.3) is 0 Å². The highest BCUT2D eigenvalue weighted by Gasteiger charge is 2.32. The van der Waals surface area contributed by atoms with Gasteiger partial charge in [-0.2, -0.15) is 0 Å². The molecule has 0 saturated heterocycles. The molecule has 0 radical (unpaired) electrons. The Morgan fingerprint density at radius 2 is 1.53 bits per heavy atom. The molecule has 1 aliphatic carbocycles. The summed E-state index contributed by atoms with van der Waals surface area (Å²) in [5.74, 6) is -0.324. The zero-order valence-electron chi connectivity index (χ0n) is 25.0. The molecule has 1 fully saturated rings. The van der Waals surface area contributed by atoms with Crippen molar-refractivity contribution in [2.75, 3.05) is 17.1 Å². The van der Waals surface area contributed by atoms with Gasteiger partial charge in [0, 0.05) is 36.4 Å². The van der Waals surface area contributed by atoms with Gasteiger partial charge in [0.1, 0.15) is 6.04 Å². The Bertz CT molecular complexity index is 1440. The average Bonchev–Trinajstić information content (AvgIpc) is 3.51. The number of anilines is 1. The zero-order valence-corrected chi connectivity index (χ0v) is 27.4. The molecule has 0 aromatic heterocycles. The standard InChI is InChI=1S/C34H42BrN3O4S/c1-3-26-17-21-31(22-18-26)38(43(2,41)42)23-9-14-33(39)37(25-28-15-19-29(35)20-16-28)32(24-27-10-5-4-6-11-27)34(40)36-30-12-7-8-13-30/h4-6,10-11,15-22,30,32H,3,7-9,12-14,23-25H2,1-2H3,(H,36,40)/t32-/m1/s1. The lowest BCUT2D eigenvalue weighted by atomic mass is 10.0. The minimum atomic E-state index is -3.55. The van der Waals surface area contributed by atoms with Gasteiger partial charge in [-0.1, -0.05) is 90.3 Å². The molecule has 7 nitrogen and oxygen atoms in total. The fourth-order valence-corrected chi connectivity index (χ4v) is 6.84. The first kappa shape index (κ1) is 32.7. The minimum Gasteiger partial charge on any atom is -0.352 e. The lowest BCUT2D eigenvalue weighted by Gasteiger charge is -2.33. The summed E-state index contributed by atoms with van der Waals surface area (Å²) in [4.78, 5) is 29.5. The summed E-state index contributed by atoms with van der Waals surface area (Å²) >= 11 is 3.48. The highest BCUT2D eigenvalue weighted by molar-refractivity contribution is 9.10. The second-order valence-corrected chi connectivity index (χ2v) is 14.1. The molecule has 3 aromatic carbocycles. The highest BCUT2D eigenvalue weighted by Crippen LogP contribution is 2.23. The number of nitrogens with one attached hydrogen (secondary N) is 1. The van der Waals surface area contributed by atoms with Crippen molar-refractivity contribution < 1.29 is 18.0 Å². The number of benzene rings is 3. The van der Waals surface area contributed by atoms with Crippen molar-refractivity contribution in [1.29, 1.82) is 0 Å². The maximum atomic E-state index is 14.0. The number of rotatable bonds is 14. The van der Waals surface area contributed by atoms with Crippen molar-refractivity contribution in [3.8, 4) is 0 Å². The van der Waals surface area contributed by atoms with E-state index >= 15 is 0 Å². The number of halogens is 1. The van der Waals surface area contributed by atoms with Gasteiger partial charge in [-0.15, -0.1) is 0 Å². The molecule has 9 heteroatoms. The van der Waals surface area contributed by atoms with Crippen LogP contribution in [0, 0.1) is 0 Å². The Morgan fingerprint density at radius 3 is 2.14 bits per heavy atom. The molecule has 4 rings (SSSR count). The summed E-state index contributed by atoms with van der Waals surface area (Å²) in [5, 5.41) is 3.23. The third-order valence-corrected chi connectivity index (χ3v) is 9.75. The molecule has 43 heavy (non-hydrogen) atoms. The van der Waals surface area contributed by atoms with Crippen LogP contribution < -0.4 is 9.62 Å². The molecule has 1 saturated carbocycles. The number of hydrogen-bond acceptors (Lipinski definition) is 4. The molecule has 2 amide bonds. The number of amides is 2. The monoisotopic (exact) mass is 667 g/mol. The Balaban J connectivity index is 1.57. The van der Waals surface area contributed by atoms with Crippen molar-refractivity contribution in [1.82, 2.24) is 10.2 Å². The van der Waals surface area contributed by atoms with Crippen LogP contribution in [0.2, 0.25) is 0 Å². The number of sulfonamides is 1. The largest absolute Gasteiger partial charge is 0.352 e. The van der Waals surface area contributed by atoms with Crippen LogP contribution in [0.4, 0.5) is 5.69 Å². The first-order chi connectivity index (χ1) is 20.6. The number of aryl methyl sites for hydroxylation is 1. The first-order valence-electron chi connectivity index (χ1n) is 15.1. The second kappa shape index (κ2) is 15.5. The zero-order chi connectivity index (χ0) is 30.8. The van der Waals surface area contributed by atoms with Crippen LogP contribution in [0.5, 0.6) is 0 Å². The lowest BCUT2D eigenvalue weighted by molar-refractivity contribution is -0.141. The van der Waals surface area contributed by atoms with Crippen LogP contribution in [0.3, 0.4) is 0 Å². The average molecular weight is 669 g/mol. The number of hydrogen-bond donors (Lipinski definition) is 1. The molecular weight excluding hydrogens is 626 g/mol. The third kappa shape index (κ3) is 9.66. The van der Waals surface area contributed by atoms with Crippen molar-refractivity contribution in [2.24, 2.45) is 0 Å².